The molecule has 0 aromatic heterocycles. The van der Waals surface area contributed by atoms with Crippen molar-refractivity contribution in [1.29, 1.82) is 0 Å². The molecule has 1 N–H and O–H groups in total. The van der Waals surface area contributed by atoms with Crippen molar-refractivity contribution in [2.45, 2.75) is 38.0 Å². The zero-order valence-electron chi connectivity index (χ0n) is 17.1. The molecule has 7 nitrogen and oxygen atoms in total. The number of urea groups is 1. The third-order valence-corrected chi connectivity index (χ3v) is 6.38. The minimum Gasteiger partial charge on any atom is -0.310 e. The fourth-order valence-electron chi connectivity index (χ4n) is 4.89. The summed E-state index contributed by atoms with van der Waals surface area (Å²) < 4.78 is 0. The van der Waals surface area contributed by atoms with Crippen LogP contribution in [0.25, 0.3) is 0 Å². The Kier molecular flexibility index (Phi) is 5.02. The van der Waals surface area contributed by atoms with Gasteiger partial charge in [0.2, 0.25) is 0 Å². The second-order valence-corrected chi connectivity index (χ2v) is 8.28. The molecule has 0 radical (unpaired) electrons. The van der Waals surface area contributed by atoms with E-state index in [0.29, 0.717) is 6.54 Å². The average molecular weight is 406 g/mol. The van der Waals surface area contributed by atoms with Crippen LogP contribution in [0.5, 0.6) is 0 Å². The standard InChI is InChI=1S/C23H27N5O2/c1-25-20-19(21(29)28(23(25)30)16-18-11-6-3-7-12-18)27-14-8-13-26(22(27)24-20)15-17-9-4-2-5-10-17/h2-7,9-12,19-20,22,24H,8,13-16H2,1H3. The van der Waals surface area contributed by atoms with Crippen molar-refractivity contribution in [3.63, 3.8) is 0 Å². The number of rotatable bonds is 4. The maximum atomic E-state index is 13.5. The molecule has 0 spiro atoms. The smallest absolute Gasteiger partial charge is 0.310 e. The van der Waals surface area contributed by atoms with Crippen LogP contribution in [0.1, 0.15) is 17.5 Å². The van der Waals surface area contributed by atoms with E-state index in [9.17, 15) is 9.59 Å². The molecule has 3 amide bonds. The lowest BCUT2D eigenvalue weighted by molar-refractivity contribution is -0.140. The number of likely N-dealkylation sites (N-methyl/N-ethyl adjacent to an activating group) is 1. The highest BCUT2D eigenvalue weighted by Gasteiger charge is 2.55. The van der Waals surface area contributed by atoms with Gasteiger partial charge in [-0.2, -0.15) is 0 Å². The third-order valence-electron chi connectivity index (χ3n) is 6.38. The van der Waals surface area contributed by atoms with Crippen molar-refractivity contribution in [2.24, 2.45) is 0 Å². The highest BCUT2D eigenvalue weighted by molar-refractivity contribution is 6.00. The Labute approximate surface area is 176 Å². The van der Waals surface area contributed by atoms with Crippen LogP contribution in [0.2, 0.25) is 0 Å². The van der Waals surface area contributed by atoms with Gasteiger partial charge in [0.25, 0.3) is 5.91 Å². The van der Waals surface area contributed by atoms with E-state index >= 15 is 0 Å². The average Bonchev–Trinajstić information content (AvgIpc) is 3.18. The zero-order chi connectivity index (χ0) is 20.7. The van der Waals surface area contributed by atoms with Crippen LogP contribution >= 0.6 is 0 Å². The maximum Gasteiger partial charge on any atom is 0.328 e. The molecule has 7 heteroatoms. The van der Waals surface area contributed by atoms with Crippen molar-refractivity contribution in [2.75, 3.05) is 20.1 Å². The summed E-state index contributed by atoms with van der Waals surface area (Å²) in [6.07, 6.45) is 0.640. The monoisotopic (exact) mass is 405 g/mol. The van der Waals surface area contributed by atoms with Gasteiger partial charge in [-0.25, -0.2) is 4.79 Å². The Balaban J connectivity index is 1.39. The normalized spacial score (nSPS) is 27.3. The lowest BCUT2D eigenvalue weighted by Gasteiger charge is -2.43. The van der Waals surface area contributed by atoms with Crippen molar-refractivity contribution in [3.8, 4) is 0 Å². The molecule has 3 saturated heterocycles. The summed E-state index contributed by atoms with van der Waals surface area (Å²) in [5, 5.41) is 3.57. The predicted octanol–water partition coefficient (Wildman–Crippen LogP) is 1.87. The lowest BCUT2D eigenvalue weighted by Crippen LogP contribution is -2.66. The molecule has 3 heterocycles. The highest BCUT2D eigenvalue weighted by Crippen LogP contribution is 2.31. The van der Waals surface area contributed by atoms with Crippen molar-refractivity contribution >= 4 is 11.9 Å². The summed E-state index contributed by atoms with van der Waals surface area (Å²) in [4.78, 5) is 34.2. The van der Waals surface area contributed by atoms with Crippen molar-refractivity contribution in [1.82, 2.24) is 24.9 Å². The summed E-state index contributed by atoms with van der Waals surface area (Å²) in [7, 11) is 1.79. The SMILES string of the molecule is CN1C(=O)N(Cc2ccccc2)C(=O)C2C1NC1N(Cc3ccccc3)CCCN21. The van der Waals surface area contributed by atoms with Crippen molar-refractivity contribution in [3.05, 3.63) is 71.8 Å². The first-order valence-corrected chi connectivity index (χ1v) is 10.6. The van der Waals surface area contributed by atoms with Gasteiger partial charge in [-0.15, -0.1) is 0 Å². The largest absolute Gasteiger partial charge is 0.328 e. The minimum atomic E-state index is -0.361. The fourth-order valence-corrected chi connectivity index (χ4v) is 4.89. The molecule has 3 aliphatic rings. The molecule has 3 atom stereocenters. The highest BCUT2D eigenvalue weighted by atomic mass is 16.2. The summed E-state index contributed by atoms with van der Waals surface area (Å²) in [6.45, 7) is 2.92. The predicted molar refractivity (Wildman–Crippen MR) is 113 cm³/mol. The van der Waals surface area contributed by atoms with E-state index in [4.69, 9.17) is 0 Å². The quantitative estimate of drug-likeness (QED) is 0.842. The van der Waals surface area contributed by atoms with Crippen LogP contribution in [0.15, 0.2) is 60.7 Å². The first-order valence-electron chi connectivity index (χ1n) is 10.6. The second kappa shape index (κ2) is 7.83. The van der Waals surface area contributed by atoms with E-state index in [1.165, 1.54) is 10.5 Å². The number of hydrogen-bond donors (Lipinski definition) is 1. The summed E-state index contributed by atoms with van der Waals surface area (Å²) >= 11 is 0. The van der Waals surface area contributed by atoms with Crippen LogP contribution in [-0.4, -0.2) is 70.2 Å². The number of carbonyl (C=O) groups is 2. The Bertz CT molecular complexity index is 922. The van der Waals surface area contributed by atoms with Gasteiger partial charge in [0.15, 0.2) is 0 Å². The van der Waals surface area contributed by atoms with E-state index in [2.05, 4.69) is 39.4 Å². The second-order valence-electron chi connectivity index (χ2n) is 8.28. The number of benzene rings is 2. The van der Waals surface area contributed by atoms with E-state index < -0.39 is 0 Å². The van der Waals surface area contributed by atoms with E-state index in [-0.39, 0.29) is 30.4 Å². The molecule has 3 fully saturated rings. The lowest BCUT2D eigenvalue weighted by atomic mass is 10.1. The van der Waals surface area contributed by atoms with Gasteiger partial charge < -0.3 is 4.90 Å². The molecule has 0 bridgehead atoms. The first-order chi connectivity index (χ1) is 14.6. The fraction of sp³-hybridized carbons (Fsp3) is 0.391. The number of amides is 3. The molecule has 5 rings (SSSR count). The van der Waals surface area contributed by atoms with Crippen molar-refractivity contribution < 1.29 is 9.59 Å². The zero-order valence-corrected chi connectivity index (χ0v) is 17.1. The summed E-state index contributed by atoms with van der Waals surface area (Å²) in [5.74, 6) is -0.108. The maximum absolute atomic E-state index is 13.5. The van der Waals surface area contributed by atoms with E-state index in [0.717, 1.165) is 31.6 Å². The molecule has 156 valence electrons. The molecule has 3 aliphatic heterocycles. The molecule has 0 saturated carbocycles. The van der Waals surface area contributed by atoms with Gasteiger partial charge in [-0.3, -0.25) is 24.8 Å². The summed E-state index contributed by atoms with van der Waals surface area (Å²) in [5.41, 5.74) is 2.20. The van der Waals surface area contributed by atoms with Gasteiger partial charge in [0.1, 0.15) is 18.5 Å². The number of hydrogen-bond acceptors (Lipinski definition) is 5. The Morgan fingerprint density at radius 3 is 2.20 bits per heavy atom. The van der Waals surface area contributed by atoms with Crippen LogP contribution in [0.4, 0.5) is 4.79 Å². The molecular weight excluding hydrogens is 378 g/mol. The van der Waals surface area contributed by atoms with Gasteiger partial charge >= 0.3 is 6.03 Å². The Morgan fingerprint density at radius 1 is 0.900 bits per heavy atom. The van der Waals surface area contributed by atoms with Crippen LogP contribution in [0, 0.1) is 0 Å². The number of fused-ring (bicyclic) bond motifs is 3. The molecule has 3 unspecified atom stereocenters. The topological polar surface area (TPSA) is 59.1 Å². The van der Waals surface area contributed by atoms with E-state index in [1.54, 1.807) is 11.9 Å². The number of carbonyl (C=O) groups excluding carboxylic acids is 2. The van der Waals surface area contributed by atoms with Crippen LogP contribution in [0.3, 0.4) is 0 Å². The third kappa shape index (κ3) is 3.29. The summed E-state index contributed by atoms with van der Waals surface area (Å²) in [6, 6.07) is 19.5. The van der Waals surface area contributed by atoms with Gasteiger partial charge in [-0.05, 0) is 17.5 Å². The first kappa shape index (κ1) is 19.2. The van der Waals surface area contributed by atoms with E-state index in [1.807, 2.05) is 36.4 Å². The van der Waals surface area contributed by atoms with Crippen LogP contribution < -0.4 is 5.32 Å². The molecule has 2 aromatic rings. The molecule has 2 aromatic carbocycles. The number of nitrogens with zero attached hydrogens (tertiary/aromatic N) is 4. The Hall–Kier alpha value is -2.74. The molecular formula is C23H27N5O2. The van der Waals surface area contributed by atoms with Gasteiger partial charge in [-0.1, -0.05) is 60.7 Å². The molecule has 30 heavy (non-hydrogen) atoms. The van der Waals surface area contributed by atoms with Gasteiger partial charge in [0.05, 0.1) is 6.54 Å². The molecule has 0 aliphatic carbocycles. The number of nitrogens with one attached hydrogen (secondary N) is 1. The minimum absolute atomic E-state index is 0.0511. The van der Waals surface area contributed by atoms with Gasteiger partial charge in [0, 0.05) is 26.7 Å². The Morgan fingerprint density at radius 2 is 1.53 bits per heavy atom. The van der Waals surface area contributed by atoms with Crippen LogP contribution in [-0.2, 0) is 17.9 Å². The number of imide groups is 1.